The molecule has 20 heavy (non-hydrogen) atoms. The van der Waals surface area contributed by atoms with E-state index in [4.69, 9.17) is 4.74 Å². The van der Waals surface area contributed by atoms with Crippen LogP contribution >= 0.6 is 0 Å². The minimum Gasteiger partial charge on any atom is -0.453 e. The normalized spacial score (nSPS) is 16.6. The summed E-state index contributed by atoms with van der Waals surface area (Å²) in [5, 5.41) is 2.46. The van der Waals surface area contributed by atoms with Crippen molar-refractivity contribution in [3.63, 3.8) is 0 Å². The maximum absolute atomic E-state index is 12.3. The molecular formula is C12H16N2O5S. The minimum absolute atomic E-state index is 0.190. The zero-order valence-corrected chi connectivity index (χ0v) is 11.9. The molecule has 0 radical (unpaired) electrons. The van der Waals surface area contributed by atoms with E-state index in [0.29, 0.717) is 32.0 Å². The molecule has 8 heteroatoms. The number of sulfonamides is 1. The lowest BCUT2D eigenvalue weighted by molar-refractivity contribution is 0.0730. The first-order valence-corrected chi connectivity index (χ1v) is 7.51. The summed E-state index contributed by atoms with van der Waals surface area (Å²) in [4.78, 5) is 11.2. The summed E-state index contributed by atoms with van der Waals surface area (Å²) in [7, 11) is -2.25. The van der Waals surface area contributed by atoms with E-state index in [1.807, 2.05) is 0 Å². The van der Waals surface area contributed by atoms with E-state index < -0.39 is 16.1 Å². The molecule has 0 spiro atoms. The fourth-order valence-electron chi connectivity index (χ4n) is 1.82. The van der Waals surface area contributed by atoms with Crippen LogP contribution in [-0.2, 0) is 19.5 Å². The lowest BCUT2D eigenvalue weighted by Crippen LogP contribution is -2.40. The second-order valence-corrected chi connectivity index (χ2v) is 6.10. The first-order chi connectivity index (χ1) is 9.54. The average molecular weight is 300 g/mol. The number of nitrogens with one attached hydrogen (secondary N) is 1. The van der Waals surface area contributed by atoms with Crippen LogP contribution in [0.2, 0.25) is 0 Å². The highest BCUT2D eigenvalue weighted by Crippen LogP contribution is 2.19. The molecule has 0 unspecified atom stereocenters. The summed E-state index contributed by atoms with van der Waals surface area (Å²) in [5.41, 5.74) is 0.470. The van der Waals surface area contributed by atoms with E-state index in [0.717, 1.165) is 0 Å². The van der Waals surface area contributed by atoms with Gasteiger partial charge in [0.25, 0.3) is 0 Å². The summed E-state index contributed by atoms with van der Waals surface area (Å²) in [6.45, 7) is 1.51. The van der Waals surface area contributed by atoms with Gasteiger partial charge in [-0.3, -0.25) is 5.32 Å². The lowest BCUT2D eigenvalue weighted by atomic mass is 10.3. The van der Waals surface area contributed by atoms with Gasteiger partial charge in [0.2, 0.25) is 10.0 Å². The van der Waals surface area contributed by atoms with Gasteiger partial charge in [-0.1, -0.05) is 0 Å². The van der Waals surface area contributed by atoms with Crippen LogP contribution in [-0.4, -0.2) is 52.2 Å². The summed E-state index contributed by atoms with van der Waals surface area (Å²) in [6, 6.07) is 5.95. The molecule has 0 bridgehead atoms. The largest absolute Gasteiger partial charge is 0.453 e. The number of rotatable bonds is 3. The second-order valence-electron chi connectivity index (χ2n) is 4.16. The van der Waals surface area contributed by atoms with Crippen LogP contribution in [0.25, 0.3) is 0 Å². The van der Waals surface area contributed by atoms with Crippen LogP contribution < -0.4 is 5.32 Å². The number of morpholine rings is 1. The Morgan fingerprint density at radius 1 is 1.25 bits per heavy atom. The Balaban J connectivity index is 2.14. The summed E-state index contributed by atoms with van der Waals surface area (Å²) in [6.07, 6.45) is -0.603. The highest BCUT2D eigenvalue weighted by atomic mass is 32.2. The zero-order chi connectivity index (χ0) is 14.6. The van der Waals surface area contributed by atoms with Crippen molar-refractivity contribution in [3.05, 3.63) is 24.3 Å². The van der Waals surface area contributed by atoms with Crippen LogP contribution in [0.15, 0.2) is 29.2 Å². The highest BCUT2D eigenvalue weighted by Gasteiger charge is 2.26. The number of hydrogen-bond acceptors (Lipinski definition) is 5. The van der Waals surface area contributed by atoms with Gasteiger partial charge in [0.1, 0.15) is 0 Å². The van der Waals surface area contributed by atoms with Gasteiger partial charge in [-0.15, -0.1) is 0 Å². The van der Waals surface area contributed by atoms with Crippen molar-refractivity contribution in [3.8, 4) is 0 Å². The van der Waals surface area contributed by atoms with Gasteiger partial charge in [0.05, 0.1) is 25.2 Å². The molecule has 1 aromatic rings. The molecule has 0 saturated carbocycles. The summed E-state index contributed by atoms with van der Waals surface area (Å²) < 4.78 is 35.7. The van der Waals surface area contributed by atoms with Crippen molar-refractivity contribution < 1.29 is 22.7 Å². The standard InChI is InChI=1S/C12H16N2O5S/c1-18-12(15)13-10-2-4-11(5-3-10)20(16,17)14-6-8-19-9-7-14/h2-5H,6-9H2,1H3,(H,13,15). The van der Waals surface area contributed by atoms with Crippen LogP contribution in [0.5, 0.6) is 0 Å². The van der Waals surface area contributed by atoms with E-state index in [1.165, 1.54) is 35.7 Å². The number of amides is 1. The molecule has 7 nitrogen and oxygen atoms in total. The first-order valence-electron chi connectivity index (χ1n) is 6.07. The minimum atomic E-state index is -3.50. The number of carbonyl (C=O) groups excluding carboxylic acids is 1. The number of benzene rings is 1. The zero-order valence-electron chi connectivity index (χ0n) is 11.0. The molecule has 1 N–H and O–H groups in total. The van der Waals surface area contributed by atoms with Crippen molar-refractivity contribution in [2.24, 2.45) is 0 Å². The van der Waals surface area contributed by atoms with Gasteiger partial charge in [-0.05, 0) is 24.3 Å². The van der Waals surface area contributed by atoms with Crippen LogP contribution in [0.1, 0.15) is 0 Å². The Morgan fingerprint density at radius 2 is 1.85 bits per heavy atom. The molecule has 1 fully saturated rings. The first kappa shape index (κ1) is 14.8. The Labute approximate surface area is 117 Å². The molecule has 1 aliphatic heterocycles. The van der Waals surface area contributed by atoms with E-state index in [1.54, 1.807) is 0 Å². The Bertz CT molecular complexity index is 564. The number of carbonyl (C=O) groups is 1. The maximum Gasteiger partial charge on any atom is 0.411 e. The molecule has 0 atom stereocenters. The Morgan fingerprint density at radius 3 is 2.40 bits per heavy atom. The van der Waals surface area contributed by atoms with Gasteiger partial charge in [0.15, 0.2) is 0 Å². The van der Waals surface area contributed by atoms with Crippen molar-refractivity contribution in [1.29, 1.82) is 0 Å². The Kier molecular flexibility index (Phi) is 4.58. The molecule has 1 saturated heterocycles. The molecule has 110 valence electrons. The average Bonchev–Trinajstić information content (AvgIpc) is 2.48. The number of hydrogen-bond donors (Lipinski definition) is 1. The van der Waals surface area contributed by atoms with Crippen LogP contribution in [0, 0.1) is 0 Å². The number of ether oxygens (including phenoxy) is 2. The van der Waals surface area contributed by atoms with E-state index in [9.17, 15) is 13.2 Å². The highest BCUT2D eigenvalue weighted by molar-refractivity contribution is 7.89. The van der Waals surface area contributed by atoms with Gasteiger partial charge >= 0.3 is 6.09 Å². The van der Waals surface area contributed by atoms with E-state index >= 15 is 0 Å². The number of anilines is 1. The lowest BCUT2D eigenvalue weighted by Gasteiger charge is -2.26. The molecular weight excluding hydrogens is 284 g/mol. The summed E-state index contributed by atoms with van der Waals surface area (Å²) >= 11 is 0. The van der Waals surface area contributed by atoms with Crippen LogP contribution in [0.4, 0.5) is 10.5 Å². The van der Waals surface area contributed by atoms with Crippen LogP contribution in [0.3, 0.4) is 0 Å². The third-order valence-corrected chi connectivity index (χ3v) is 4.81. The summed E-state index contributed by atoms with van der Waals surface area (Å²) in [5.74, 6) is 0. The quantitative estimate of drug-likeness (QED) is 0.896. The number of nitrogens with zero attached hydrogens (tertiary/aromatic N) is 1. The fraction of sp³-hybridized carbons (Fsp3) is 0.417. The molecule has 1 aliphatic rings. The van der Waals surface area contributed by atoms with E-state index in [2.05, 4.69) is 10.1 Å². The smallest absolute Gasteiger partial charge is 0.411 e. The van der Waals surface area contributed by atoms with Gasteiger partial charge in [0, 0.05) is 18.8 Å². The van der Waals surface area contributed by atoms with Crippen molar-refractivity contribution in [2.75, 3.05) is 38.7 Å². The number of methoxy groups -OCH3 is 1. The Hall–Kier alpha value is -1.64. The van der Waals surface area contributed by atoms with Crippen molar-refractivity contribution >= 4 is 21.8 Å². The fourth-order valence-corrected chi connectivity index (χ4v) is 3.22. The molecule has 0 aromatic heterocycles. The van der Waals surface area contributed by atoms with Gasteiger partial charge in [-0.2, -0.15) is 4.31 Å². The van der Waals surface area contributed by atoms with Crippen molar-refractivity contribution in [1.82, 2.24) is 4.31 Å². The van der Waals surface area contributed by atoms with Gasteiger partial charge in [-0.25, -0.2) is 13.2 Å². The SMILES string of the molecule is COC(=O)Nc1ccc(S(=O)(=O)N2CCOCC2)cc1. The predicted molar refractivity (Wildman–Crippen MR) is 72.0 cm³/mol. The maximum atomic E-state index is 12.3. The molecule has 2 rings (SSSR count). The van der Waals surface area contributed by atoms with Crippen molar-refractivity contribution in [2.45, 2.75) is 4.90 Å². The monoisotopic (exact) mass is 300 g/mol. The molecule has 0 aliphatic carbocycles. The van der Waals surface area contributed by atoms with Gasteiger partial charge < -0.3 is 9.47 Å². The second kappa shape index (κ2) is 6.21. The molecule has 1 aromatic carbocycles. The predicted octanol–water partition coefficient (Wildman–Crippen LogP) is 0.886. The topological polar surface area (TPSA) is 84.9 Å². The third-order valence-electron chi connectivity index (χ3n) is 2.89. The third kappa shape index (κ3) is 3.27. The van der Waals surface area contributed by atoms with E-state index in [-0.39, 0.29) is 4.90 Å². The molecule has 1 heterocycles. The molecule has 1 amide bonds.